The van der Waals surface area contributed by atoms with Crippen LogP contribution in [0.15, 0.2) is 36.4 Å². The lowest BCUT2D eigenvalue weighted by Gasteiger charge is -2.33. The molecule has 2 aromatic rings. The number of rotatable bonds is 10. The van der Waals surface area contributed by atoms with Gasteiger partial charge in [0.2, 0.25) is 0 Å². The third-order valence-corrected chi connectivity index (χ3v) is 5.64. The molecule has 0 aromatic heterocycles. The fourth-order valence-corrected chi connectivity index (χ4v) is 4.07. The molecule has 0 saturated heterocycles. The molecule has 3 rings (SSSR count). The lowest BCUT2D eigenvalue weighted by atomic mass is 9.90. The van der Waals surface area contributed by atoms with Gasteiger partial charge in [0.05, 0.1) is 13.2 Å². The van der Waals surface area contributed by atoms with Gasteiger partial charge in [0, 0.05) is 36.3 Å². The molecule has 0 aliphatic heterocycles. The van der Waals surface area contributed by atoms with E-state index in [1.54, 1.807) is 12.1 Å². The van der Waals surface area contributed by atoms with E-state index >= 15 is 0 Å². The molecule has 2 unspecified atom stereocenters. The molecule has 1 saturated carbocycles. The molecule has 0 spiro atoms. The molecule has 0 radical (unpaired) electrons. The van der Waals surface area contributed by atoms with Crippen molar-refractivity contribution < 1.29 is 19.7 Å². The number of aromatic hydroxyl groups is 2. The highest BCUT2D eigenvalue weighted by Crippen LogP contribution is 2.31. The van der Waals surface area contributed by atoms with Crippen molar-refractivity contribution in [2.75, 3.05) is 13.2 Å². The largest absolute Gasteiger partial charge is 0.504 e. The summed E-state index contributed by atoms with van der Waals surface area (Å²) in [5.41, 5.74) is 1.68. The number of phenols is 2. The van der Waals surface area contributed by atoms with E-state index in [1.165, 1.54) is 12.8 Å². The molecule has 0 bridgehead atoms. The van der Waals surface area contributed by atoms with Crippen LogP contribution < -0.4 is 20.1 Å². The highest BCUT2D eigenvalue weighted by atomic mass is 16.5. The summed E-state index contributed by atoms with van der Waals surface area (Å²) < 4.78 is 11.0. The van der Waals surface area contributed by atoms with E-state index in [9.17, 15) is 10.2 Å². The van der Waals surface area contributed by atoms with Gasteiger partial charge in [-0.15, -0.1) is 0 Å². The van der Waals surface area contributed by atoms with Gasteiger partial charge < -0.3 is 30.3 Å². The van der Waals surface area contributed by atoms with Gasteiger partial charge in [-0.2, -0.15) is 0 Å². The van der Waals surface area contributed by atoms with E-state index in [-0.39, 0.29) is 11.5 Å². The number of ether oxygens (including phenoxy) is 2. The summed E-state index contributed by atoms with van der Waals surface area (Å²) in [5, 5.41) is 28.1. The first-order valence-corrected chi connectivity index (χ1v) is 11.0. The topological polar surface area (TPSA) is 83.0 Å². The Morgan fingerprint density at radius 3 is 1.60 bits per heavy atom. The van der Waals surface area contributed by atoms with Crippen molar-refractivity contribution in [2.45, 2.75) is 64.7 Å². The Bertz CT molecular complexity index is 744. The Hall–Kier alpha value is -2.44. The second kappa shape index (κ2) is 11.1. The van der Waals surface area contributed by atoms with Gasteiger partial charge in [-0.05, 0) is 38.8 Å². The monoisotopic (exact) mass is 414 g/mol. The number of hydrogen-bond acceptors (Lipinski definition) is 6. The van der Waals surface area contributed by atoms with E-state index in [4.69, 9.17) is 9.47 Å². The molecular weight excluding hydrogens is 380 g/mol. The van der Waals surface area contributed by atoms with Crippen LogP contribution in [-0.4, -0.2) is 35.5 Å². The van der Waals surface area contributed by atoms with Crippen LogP contribution in [0.1, 0.15) is 50.7 Å². The summed E-state index contributed by atoms with van der Waals surface area (Å²) in [6, 6.07) is 11.8. The number of nitrogens with one attached hydrogen (secondary N) is 2. The fraction of sp³-hybridized carbons (Fsp3) is 0.500. The van der Waals surface area contributed by atoms with Gasteiger partial charge >= 0.3 is 0 Å². The summed E-state index contributed by atoms with van der Waals surface area (Å²) in [5.74, 6) is 1.48. The lowest BCUT2D eigenvalue weighted by Crippen LogP contribution is -2.49. The summed E-state index contributed by atoms with van der Waals surface area (Å²) in [6.45, 7) is 6.03. The van der Waals surface area contributed by atoms with Crippen LogP contribution in [0.4, 0.5) is 0 Å². The number of phenolic OH excluding ortho intramolecular Hbond substituents is 2. The van der Waals surface area contributed by atoms with Crippen LogP contribution >= 0.6 is 0 Å². The van der Waals surface area contributed by atoms with E-state index in [2.05, 4.69) is 10.6 Å². The van der Waals surface area contributed by atoms with E-state index < -0.39 is 0 Å². The maximum Gasteiger partial charge on any atom is 0.162 e. The van der Waals surface area contributed by atoms with Crippen molar-refractivity contribution in [3.8, 4) is 23.0 Å². The first-order valence-electron chi connectivity index (χ1n) is 11.0. The minimum Gasteiger partial charge on any atom is -0.504 e. The second-order valence-corrected chi connectivity index (χ2v) is 7.65. The predicted molar refractivity (Wildman–Crippen MR) is 118 cm³/mol. The highest BCUT2D eigenvalue weighted by Gasteiger charge is 2.25. The minimum absolute atomic E-state index is 0.213. The van der Waals surface area contributed by atoms with Crippen molar-refractivity contribution in [3.05, 3.63) is 47.5 Å². The maximum atomic E-state index is 10.4. The Balaban J connectivity index is 1.61. The fourth-order valence-electron chi connectivity index (χ4n) is 4.07. The van der Waals surface area contributed by atoms with Crippen molar-refractivity contribution in [1.82, 2.24) is 10.6 Å². The van der Waals surface area contributed by atoms with Gasteiger partial charge in [0.25, 0.3) is 0 Å². The molecule has 2 atom stereocenters. The number of para-hydroxylation sites is 2. The van der Waals surface area contributed by atoms with Gasteiger partial charge in [0.15, 0.2) is 23.0 Å². The first kappa shape index (κ1) is 22.2. The second-order valence-electron chi connectivity index (χ2n) is 7.65. The predicted octanol–water partition coefficient (Wildman–Crippen LogP) is 4.09. The summed E-state index contributed by atoms with van der Waals surface area (Å²) in [4.78, 5) is 0. The maximum absolute atomic E-state index is 10.4. The molecule has 1 fully saturated rings. The molecule has 30 heavy (non-hydrogen) atoms. The average Bonchev–Trinajstić information content (AvgIpc) is 2.76. The van der Waals surface area contributed by atoms with Crippen LogP contribution in [0.25, 0.3) is 0 Å². The van der Waals surface area contributed by atoms with Crippen molar-refractivity contribution in [1.29, 1.82) is 0 Å². The quantitative estimate of drug-likeness (QED) is 0.469. The van der Waals surface area contributed by atoms with Crippen LogP contribution in [0.2, 0.25) is 0 Å². The SMILES string of the molecule is CCOc1cccc(CNC2CCCCC2NCc2cccc(OCC)c2O)c1O. The Morgan fingerprint density at radius 1 is 0.767 bits per heavy atom. The van der Waals surface area contributed by atoms with Crippen LogP contribution in [0.5, 0.6) is 23.0 Å². The molecule has 164 valence electrons. The average molecular weight is 415 g/mol. The van der Waals surface area contributed by atoms with Gasteiger partial charge in [0.1, 0.15) is 0 Å². The molecule has 1 aliphatic rings. The zero-order chi connectivity index (χ0) is 21.3. The van der Waals surface area contributed by atoms with Crippen molar-refractivity contribution >= 4 is 0 Å². The third-order valence-electron chi connectivity index (χ3n) is 5.64. The van der Waals surface area contributed by atoms with Crippen LogP contribution in [-0.2, 0) is 13.1 Å². The van der Waals surface area contributed by atoms with Gasteiger partial charge in [-0.25, -0.2) is 0 Å². The third kappa shape index (κ3) is 5.58. The zero-order valence-corrected chi connectivity index (χ0v) is 18.0. The highest BCUT2D eigenvalue weighted by molar-refractivity contribution is 5.46. The molecule has 4 N–H and O–H groups in total. The molecule has 6 heteroatoms. The lowest BCUT2D eigenvalue weighted by molar-refractivity contribution is 0.277. The molecule has 0 amide bonds. The van der Waals surface area contributed by atoms with E-state index in [0.717, 1.165) is 24.0 Å². The molecule has 1 aliphatic carbocycles. The van der Waals surface area contributed by atoms with Crippen molar-refractivity contribution in [2.24, 2.45) is 0 Å². The normalized spacial score (nSPS) is 18.9. The molecule has 2 aromatic carbocycles. The molecule has 6 nitrogen and oxygen atoms in total. The van der Waals surface area contributed by atoms with E-state index in [1.807, 2.05) is 38.1 Å². The summed E-state index contributed by atoms with van der Waals surface area (Å²) in [7, 11) is 0. The first-order chi connectivity index (χ1) is 14.6. The summed E-state index contributed by atoms with van der Waals surface area (Å²) in [6.07, 6.45) is 4.53. The van der Waals surface area contributed by atoms with Gasteiger partial charge in [-0.3, -0.25) is 0 Å². The minimum atomic E-state index is 0.213. The summed E-state index contributed by atoms with van der Waals surface area (Å²) >= 11 is 0. The molecular formula is C24H34N2O4. The van der Waals surface area contributed by atoms with E-state index in [0.29, 0.717) is 49.9 Å². The number of hydrogen-bond donors (Lipinski definition) is 4. The zero-order valence-electron chi connectivity index (χ0n) is 18.0. The Labute approximate surface area is 179 Å². The smallest absolute Gasteiger partial charge is 0.162 e. The van der Waals surface area contributed by atoms with Crippen LogP contribution in [0, 0.1) is 0 Å². The van der Waals surface area contributed by atoms with Gasteiger partial charge in [-0.1, -0.05) is 37.1 Å². The van der Waals surface area contributed by atoms with Crippen LogP contribution in [0.3, 0.4) is 0 Å². The Morgan fingerprint density at radius 2 is 1.20 bits per heavy atom. The van der Waals surface area contributed by atoms with Crippen molar-refractivity contribution in [3.63, 3.8) is 0 Å². The number of benzene rings is 2. The standard InChI is InChI=1S/C24H34N2O4/c1-3-29-21-13-7-9-17(23(21)27)15-25-19-11-5-6-12-20(19)26-16-18-10-8-14-22(24(18)28)30-4-2/h7-10,13-14,19-20,25-28H,3-6,11-12,15-16H2,1-2H3. The Kier molecular flexibility index (Phi) is 8.22. The molecule has 0 heterocycles.